The second-order valence-electron chi connectivity index (χ2n) is 4.67. The lowest BCUT2D eigenvalue weighted by molar-refractivity contribution is 0.0792. The Kier molecular flexibility index (Phi) is 3.06. The third kappa shape index (κ3) is 1.91. The standard InChI is InChI=1S/C14H16N2OS/c1-15-10-6-7-16(8-10)14(17)12-9-18-13-5-3-2-4-11(12)13/h2-5,9-10,15H,6-8H2,1H3. The van der Waals surface area contributed by atoms with Crippen LogP contribution in [0.1, 0.15) is 16.8 Å². The van der Waals surface area contributed by atoms with Crippen LogP contribution in [0.4, 0.5) is 0 Å². The molecule has 94 valence electrons. The van der Waals surface area contributed by atoms with Crippen molar-refractivity contribution < 1.29 is 4.79 Å². The molecule has 1 aromatic carbocycles. The second-order valence-corrected chi connectivity index (χ2v) is 5.58. The summed E-state index contributed by atoms with van der Waals surface area (Å²) in [7, 11) is 1.96. The van der Waals surface area contributed by atoms with Crippen molar-refractivity contribution in [3.05, 3.63) is 35.2 Å². The Hall–Kier alpha value is -1.39. The molecule has 0 spiro atoms. The Bertz CT molecular complexity index is 578. The number of fused-ring (bicyclic) bond motifs is 1. The van der Waals surface area contributed by atoms with Crippen molar-refractivity contribution >= 4 is 27.3 Å². The van der Waals surface area contributed by atoms with Crippen LogP contribution in [0.25, 0.3) is 10.1 Å². The first-order chi connectivity index (χ1) is 8.79. The number of likely N-dealkylation sites (N-methyl/N-ethyl adjacent to an activating group) is 1. The number of likely N-dealkylation sites (tertiary alicyclic amines) is 1. The molecule has 2 aromatic rings. The van der Waals surface area contributed by atoms with Crippen LogP contribution < -0.4 is 5.32 Å². The van der Waals surface area contributed by atoms with Gasteiger partial charge in [0.25, 0.3) is 5.91 Å². The Morgan fingerprint density at radius 2 is 2.28 bits per heavy atom. The molecule has 1 aliphatic rings. The maximum absolute atomic E-state index is 12.5. The van der Waals surface area contributed by atoms with Crippen molar-refractivity contribution in [1.29, 1.82) is 0 Å². The number of hydrogen-bond donors (Lipinski definition) is 1. The summed E-state index contributed by atoms with van der Waals surface area (Å²) in [6, 6.07) is 8.55. The van der Waals surface area contributed by atoms with E-state index in [1.54, 1.807) is 11.3 Å². The molecule has 1 N–H and O–H groups in total. The zero-order chi connectivity index (χ0) is 12.5. The van der Waals surface area contributed by atoms with E-state index in [1.165, 1.54) is 4.70 Å². The third-order valence-electron chi connectivity index (χ3n) is 3.60. The van der Waals surface area contributed by atoms with E-state index in [-0.39, 0.29) is 5.91 Å². The van der Waals surface area contributed by atoms with Gasteiger partial charge in [-0.05, 0) is 19.5 Å². The minimum absolute atomic E-state index is 0.171. The van der Waals surface area contributed by atoms with Gasteiger partial charge in [0.1, 0.15) is 0 Å². The molecule has 1 amide bonds. The topological polar surface area (TPSA) is 32.3 Å². The predicted molar refractivity (Wildman–Crippen MR) is 75.2 cm³/mol. The summed E-state index contributed by atoms with van der Waals surface area (Å²) < 4.78 is 1.19. The highest BCUT2D eigenvalue weighted by atomic mass is 32.1. The van der Waals surface area contributed by atoms with Crippen LogP contribution >= 0.6 is 11.3 Å². The molecule has 0 radical (unpaired) electrons. The lowest BCUT2D eigenvalue weighted by atomic mass is 10.1. The number of hydrogen-bond acceptors (Lipinski definition) is 3. The quantitative estimate of drug-likeness (QED) is 0.899. The SMILES string of the molecule is CNC1CCN(C(=O)c2csc3ccccc23)C1. The highest BCUT2D eigenvalue weighted by molar-refractivity contribution is 7.17. The number of rotatable bonds is 2. The molecule has 1 atom stereocenters. The largest absolute Gasteiger partial charge is 0.337 e. The van der Waals surface area contributed by atoms with Crippen molar-refractivity contribution in [2.45, 2.75) is 12.5 Å². The van der Waals surface area contributed by atoms with E-state index in [2.05, 4.69) is 11.4 Å². The van der Waals surface area contributed by atoms with Gasteiger partial charge in [-0.3, -0.25) is 4.79 Å². The number of nitrogens with one attached hydrogen (secondary N) is 1. The van der Waals surface area contributed by atoms with Crippen molar-refractivity contribution in [3.63, 3.8) is 0 Å². The van der Waals surface area contributed by atoms with Gasteiger partial charge in [-0.2, -0.15) is 0 Å². The first kappa shape index (κ1) is 11.7. The fourth-order valence-electron chi connectivity index (χ4n) is 2.49. The summed E-state index contributed by atoms with van der Waals surface area (Å²) in [6.45, 7) is 1.67. The maximum atomic E-state index is 12.5. The Morgan fingerprint density at radius 3 is 3.06 bits per heavy atom. The van der Waals surface area contributed by atoms with E-state index < -0.39 is 0 Å². The molecule has 3 nitrogen and oxygen atoms in total. The van der Waals surface area contributed by atoms with Crippen LogP contribution in [0.5, 0.6) is 0 Å². The summed E-state index contributed by atoms with van der Waals surface area (Å²) >= 11 is 1.64. The average Bonchev–Trinajstić information content (AvgIpc) is 3.04. The molecule has 1 fully saturated rings. The predicted octanol–water partition coefficient (Wildman–Crippen LogP) is 2.34. The number of carbonyl (C=O) groups is 1. The third-order valence-corrected chi connectivity index (χ3v) is 4.56. The summed E-state index contributed by atoms with van der Waals surface area (Å²) in [5.41, 5.74) is 0.854. The molecular weight excluding hydrogens is 244 g/mol. The van der Waals surface area contributed by atoms with Crippen LogP contribution in [-0.4, -0.2) is 37.0 Å². The number of benzene rings is 1. The first-order valence-electron chi connectivity index (χ1n) is 6.22. The fraction of sp³-hybridized carbons (Fsp3) is 0.357. The Labute approximate surface area is 110 Å². The lowest BCUT2D eigenvalue weighted by Gasteiger charge is -2.15. The molecule has 0 aliphatic carbocycles. The van der Waals surface area contributed by atoms with E-state index in [4.69, 9.17) is 0 Å². The molecule has 2 heterocycles. The van der Waals surface area contributed by atoms with Gasteiger partial charge in [-0.25, -0.2) is 0 Å². The number of amides is 1. The molecule has 4 heteroatoms. The van der Waals surface area contributed by atoms with Crippen LogP contribution in [0.2, 0.25) is 0 Å². The van der Waals surface area contributed by atoms with E-state index >= 15 is 0 Å². The average molecular weight is 260 g/mol. The van der Waals surface area contributed by atoms with Gasteiger partial charge in [-0.15, -0.1) is 11.3 Å². The highest BCUT2D eigenvalue weighted by Gasteiger charge is 2.27. The van der Waals surface area contributed by atoms with Crippen molar-refractivity contribution in [2.75, 3.05) is 20.1 Å². The minimum Gasteiger partial charge on any atom is -0.337 e. The summed E-state index contributed by atoms with van der Waals surface area (Å²) in [6.07, 6.45) is 1.05. The molecule has 1 unspecified atom stereocenters. The number of nitrogens with zero attached hydrogens (tertiary/aromatic N) is 1. The summed E-state index contributed by atoms with van der Waals surface area (Å²) in [4.78, 5) is 14.4. The van der Waals surface area contributed by atoms with Crippen molar-refractivity contribution in [2.24, 2.45) is 0 Å². The molecule has 1 saturated heterocycles. The van der Waals surface area contributed by atoms with E-state index in [0.29, 0.717) is 6.04 Å². The molecule has 1 aliphatic heterocycles. The highest BCUT2D eigenvalue weighted by Crippen LogP contribution is 2.27. The molecule has 1 aromatic heterocycles. The molecule has 3 rings (SSSR count). The van der Waals surface area contributed by atoms with Crippen LogP contribution in [0.3, 0.4) is 0 Å². The number of carbonyl (C=O) groups excluding carboxylic acids is 1. The fourth-order valence-corrected chi connectivity index (χ4v) is 3.43. The van der Waals surface area contributed by atoms with Gasteiger partial charge in [0.2, 0.25) is 0 Å². The Morgan fingerprint density at radius 1 is 1.44 bits per heavy atom. The minimum atomic E-state index is 0.171. The van der Waals surface area contributed by atoms with Gasteiger partial charge < -0.3 is 10.2 Å². The maximum Gasteiger partial charge on any atom is 0.255 e. The van der Waals surface area contributed by atoms with Gasteiger partial charge in [0.15, 0.2) is 0 Å². The molecule has 0 saturated carbocycles. The van der Waals surface area contributed by atoms with Gasteiger partial charge in [0.05, 0.1) is 5.56 Å². The second kappa shape index (κ2) is 4.71. The zero-order valence-corrected chi connectivity index (χ0v) is 11.2. The van der Waals surface area contributed by atoms with Crippen LogP contribution in [0, 0.1) is 0 Å². The molecule has 18 heavy (non-hydrogen) atoms. The van der Waals surface area contributed by atoms with Crippen molar-refractivity contribution in [1.82, 2.24) is 10.2 Å². The first-order valence-corrected chi connectivity index (χ1v) is 7.10. The molecule has 0 bridgehead atoms. The smallest absolute Gasteiger partial charge is 0.255 e. The lowest BCUT2D eigenvalue weighted by Crippen LogP contribution is -2.33. The zero-order valence-electron chi connectivity index (χ0n) is 10.3. The normalized spacial score (nSPS) is 19.6. The summed E-state index contributed by atoms with van der Waals surface area (Å²) in [5.74, 6) is 0.171. The summed E-state index contributed by atoms with van der Waals surface area (Å²) in [5, 5.41) is 6.31. The van der Waals surface area contributed by atoms with E-state index in [0.717, 1.165) is 30.5 Å². The monoisotopic (exact) mass is 260 g/mol. The van der Waals surface area contributed by atoms with Gasteiger partial charge in [0, 0.05) is 34.6 Å². The molecular formula is C14H16N2OS. The van der Waals surface area contributed by atoms with Gasteiger partial charge in [-0.1, -0.05) is 18.2 Å². The number of thiophene rings is 1. The Balaban J connectivity index is 1.89. The van der Waals surface area contributed by atoms with Crippen LogP contribution in [-0.2, 0) is 0 Å². The van der Waals surface area contributed by atoms with Crippen molar-refractivity contribution in [3.8, 4) is 0 Å². The van der Waals surface area contributed by atoms with Gasteiger partial charge >= 0.3 is 0 Å². The van der Waals surface area contributed by atoms with E-state index in [1.807, 2.05) is 35.5 Å². The van der Waals surface area contributed by atoms with Crippen LogP contribution in [0.15, 0.2) is 29.6 Å². The van der Waals surface area contributed by atoms with E-state index in [9.17, 15) is 4.79 Å².